The Hall–Kier alpha value is -2.24. The second-order valence-corrected chi connectivity index (χ2v) is 8.28. The maximum atomic E-state index is 13.0. The predicted molar refractivity (Wildman–Crippen MR) is 94.8 cm³/mol. The zero-order valence-corrected chi connectivity index (χ0v) is 15.8. The summed E-state index contributed by atoms with van der Waals surface area (Å²) in [7, 11) is -4.04. The highest BCUT2D eigenvalue weighted by molar-refractivity contribution is 7.89. The summed E-state index contributed by atoms with van der Waals surface area (Å²) in [5, 5.41) is 9.45. The van der Waals surface area contributed by atoms with Crippen LogP contribution in [0.25, 0.3) is 0 Å². The second-order valence-electron chi connectivity index (χ2n) is 6.39. The van der Waals surface area contributed by atoms with Gasteiger partial charge in [-0.05, 0) is 12.1 Å². The third-order valence-corrected chi connectivity index (χ3v) is 6.62. The molecule has 1 aromatic rings. The van der Waals surface area contributed by atoms with Crippen LogP contribution in [0.2, 0.25) is 0 Å². The molecule has 3 rings (SSSR count). The van der Waals surface area contributed by atoms with E-state index in [1.54, 1.807) is 6.07 Å². The molecule has 1 aromatic heterocycles. The SMILES string of the molecule is CC(=O)N1CCN(S(=O)(=O)c2ccc(N3CCOCC3)nc2)C(C(=O)O)C1. The second kappa shape index (κ2) is 7.79. The summed E-state index contributed by atoms with van der Waals surface area (Å²) in [6, 6.07) is 1.72. The first-order chi connectivity index (χ1) is 12.8. The van der Waals surface area contributed by atoms with E-state index in [4.69, 9.17) is 4.74 Å². The summed E-state index contributed by atoms with van der Waals surface area (Å²) in [6.45, 7) is 3.74. The van der Waals surface area contributed by atoms with Gasteiger partial charge in [0.05, 0.1) is 13.2 Å². The van der Waals surface area contributed by atoms with E-state index in [0.29, 0.717) is 32.1 Å². The maximum Gasteiger partial charge on any atom is 0.323 e. The van der Waals surface area contributed by atoms with Crippen LogP contribution in [0.15, 0.2) is 23.2 Å². The van der Waals surface area contributed by atoms with Crippen LogP contribution in [0.5, 0.6) is 0 Å². The molecule has 1 atom stereocenters. The van der Waals surface area contributed by atoms with Crippen molar-refractivity contribution in [3.05, 3.63) is 18.3 Å². The minimum atomic E-state index is -4.04. The number of aromatic nitrogens is 1. The van der Waals surface area contributed by atoms with Crippen molar-refractivity contribution in [2.45, 2.75) is 17.9 Å². The van der Waals surface area contributed by atoms with Crippen LogP contribution in [0.3, 0.4) is 0 Å². The number of hydrogen-bond donors (Lipinski definition) is 1. The zero-order chi connectivity index (χ0) is 19.6. The molecule has 148 valence electrons. The van der Waals surface area contributed by atoms with E-state index in [1.165, 1.54) is 24.1 Å². The van der Waals surface area contributed by atoms with Gasteiger partial charge in [-0.15, -0.1) is 0 Å². The van der Waals surface area contributed by atoms with Crippen molar-refractivity contribution in [2.75, 3.05) is 50.8 Å². The van der Waals surface area contributed by atoms with E-state index >= 15 is 0 Å². The molecule has 1 N–H and O–H groups in total. The Morgan fingerprint density at radius 1 is 1.19 bits per heavy atom. The number of carboxylic acids is 1. The average Bonchev–Trinajstić information content (AvgIpc) is 2.68. The largest absolute Gasteiger partial charge is 0.480 e. The monoisotopic (exact) mass is 398 g/mol. The number of carboxylic acid groups (broad SMARTS) is 1. The number of carbonyl (C=O) groups is 2. The topological polar surface area (TPSA) is 120 Å². The number of amides is 1. The van der Waals surface area contributed by atoms with Crippen LogP contribution < -0.4 is 4.90 Å². The number of sulfonamides is 1. The lowest BCUT2D eigenvalue weighted by Gasteiger charge is -2.38. The summed E-state index contributed by atoms with van der Waals surface area (Å²) in [6.07, 6.45) is 1.25. The molecule has 11 heteroatoms. The molecular formula is C16H22N4O6S. The summed E-state index contributed by atoms with van der Waals surface area (Å²) < 4.78 is 32.1. The van der Waals surface area contributed by atoms with Gasteiger partial charge in [0.1, 0.15) is 16.8 Å². The third kappa shape index (κ3) is 4.04. The Bertz CT molecular complexity index is 807. The molecule has 3 heterocycles. The van der Waals surface area contributed by atoms with Gasteiger partial charge in [0.25, 0.3) is 0 Å². The maximum absolute atomic E-state index is 13.0. The van der Waals surface area contributed by atoms with Gasteiger partial charge in [0.15, 0.2) is 0 Å². The Kier molecular flexibility index (Phi) is 5.63. The number of morpholine rings is 1. The fourth-order valence-electron chi connectivity index (χ4n) is 3.18. The van der Waals surface area contributed by atoms with E-state index in [1.807, 2.05) is 4.90 Å². The zero-order valence-electron chi connectivity index (χ0n) is 14.9. The highest BCUT2D eigenvalue weighted by Gasteiger charge is 2.41. The number of ether oxygens (including phenoxy) is 1. The van der Waals surface area contributed by atoms with Gasteiger partial charge in [-0.1, -0.05) is 0 Å². The van der Waals surface area contributed by atoms with E-state index in [9.17, 15) is 23.1 Å². The van der Waals surface area contributed by atoms with Crippen molar-refractivity contribution in [1.82, 2.24) is 14.2 Å². The van der Waals surface area contributed by atoms with Gasteiger partial charge in [-0.2, -0.15) is 4.31 Å². The van der Waals surface area contributed by atoms with E-state index in [0.717, 1.165) is 4.31 Å². The van der Waals surface area contributed by atoms with Crippen molar-refractivity contribution < 1.29 is 27.9 Å². The van der Waals surface area contributed by atoms with E-state index < -0.39 is 22.0 Å². The first-order valence-corrected chi connectivity index (χ1v) is 10.0. The van der Waals surface area contributed by atoms with Crippen LogP contribution in [-0.4, -0.2) is 91.6 Å². The number of piperazine rings is 1. The molecule has 2 aliphatic heterocycles. The van der Waals surface area contributed by atoms with Crippen molar-refractivity contribution >= 4 is 27.7 Å². The quantitative estimate of drug-likeness (QED) is 0.702. The molecule has 0 spiro atoms. The molecular weight excluding hydrogens is 376 g/mol. The molecule has 2 saturated heterocycles. The van der Waals surface area contributed by atoms with Gasteiger partial charge < -0.3 is 19.6 Å². The standard InChI is InChI=1S/C16H22N4O6S/c1-12(21)19-4-5-20(14(11-19)16(22)23)27(24,25)13-2-3-15(17-10-13)18-6-8-26-9-7-18/h2-3,10,14H,4-9,11H2,1H3,(H,22,23). The molecule has 0 saturated carbocycles. The fourth-order valence-corrected chi connectivity index (χ4v) is 4.69. The third-order valence-electron chi connectivity index (χ3n) is 4.72. The molecule has 1 unspecified atom stereocenters. The summed E-state index contributed by atoms with van der Waals surface area (Å²) in [5.74, 6) is -0.925. The number of hydrogen-bond acceptors (Lipinski definition) is 7. The summed E-state index contributed by atoms with van der Waals surface area (Å²) in [5.41, 5.74) is 0. The molecule has 2 fully saturated rings. The van der Waals surface area contributed by atoms with Gasteiger partial charge in [0.2, 0.25) is 15.9 Å². The molecule has 10 nitrogen and oxygen atoms in total. The number of aliphatic carboxylic acids is 1. The highest BCUT2D eigenvalue weighted by Crippen LogP contribution is 2.23. The lowest BCUT2D eigenvalue weighted by molar-refractivity contribution is -0.145. The van der Waals surface area contributed by atoms with E-state index in [-0.39, 0.29) is 30.4 Å². The molecule has 0 aromatic carbocycles. The minimum Gasteiger partial charge on any atom is -0.480 e. The minimum absolute atomic E-state index is 0.0676. The van der Waals surface area contributed by atoms with Crippen LogP contribution in [0, 0.1) is 0 Å². The van der Waals surface area contributed by atoms with Crippen molar-refractivity contribution in [2.24, 2.45) is 0 Å². The number of rotatable bonds is 4. The van der Waals surface area contributed by atoms with Crippen LogP contribution >= 0.6 is 0 Å². The van der Waals surface area contributed by atoms with Crippen LogP contribution in [0.4, 0.5) is 5.82 Å². The number of pyridine rings is 1. The number of anilines is 1. The highest BCUT2D eigenvalue weighted by atomic mass is 32.2. The Morgan fingerprint density at radius 2 is 1.89 bits per heavy atom. The first-order valence-electron chi connectivity index (χ1n) is 8.59. The molecule has 27 heavy (non-hydrogen) atoms. The van der Waals surface area contributed by atoms with Crippen LogP contribution in [0.1, 0.15) is 6.92 Å². The number of carbonyl (C=O) groups excluding carboxylic acids is 1. The van der Waals surface area contributed by atoms with Gasteiger partial charge >= 0.3 is 5.97 Å². The Morgan fingerprint density at radius 3 is 2.44 bits per heavy atom. The van der Waals surface area contributed by atoms with Crippen molar-refractivity contribution in [3.63, 3.8) is 0 Å². The Labute approximate surface area is 157 Å². The van der Waals surface area contributed by atoms with Gasteiger partial charge in [-0.3, -0.25) is 9.59 Å². The fraction of sp³-hybridized carbons (Fsp3) is 0.562. The molecule has 0 radical (unpaired) electrons. The van der Waals surface area contributed by atoms with Crippen molar-refractivity contribution in [1.29, 1.82) is 0 Å². The van der Waals surface area contributed by atoms with Gasteiger partial charge in [0, 0.05) is 45.8 Å². The Balaban J connectivity index is 1.82. The molecule has 1 amide bonds. The van der Waals surface area contributed by atoms with Gasteiger partial charge in [-0.25, -0.2) is 13.4 Å². The van der Waals surface area contributed by atoms with E-state index in [2.05, 4.69) is 4.98 Å². The lowest BCUT2D eigenvalue weighted by Crippen LogP contribution is -2.58. The number of nitrogens with zero attached hydrogens (tertiary/aromatic N) is 4. The molecule has 2 aliphatic rings. The smallest absolute Gasteiger partial charge is 0.323 e. The predicted octanol–water partition coefficient (Wildman–Crippen LogP) is -0.776. The van der Waals surface area contributed by atoms with Crippen molar-refractivity contribution in [3.8, 4) is 0 Å². The normalized spacial score (nSPS) is 21.9. The summed E-state index contributed by atoms with van der Waals surface area (Å²) >= 11 is 0. The lowest BCUT2D eigenvalue weighted by atomic mass is 10.2. The summed E-state index contributed by atoms with van der Waals surface area (Å²) in [4.78, 5) is 30.6. The average molecular weight is 398 g/mol. The molecule has 0 aliphatic carbocycles. The molecule has 0 bridgehead atoms. The first kappa shape index (κ1) is 19.5. The van der Waals surface area contributed by atoms with Crippen LogP contribution in [-0.2, 0) is 24.3 Å².